The van der Waals surface area contributed by atoms with Crippen molar-refractivity contribution < 1.29 is 4.74 Å². The summed E-state index contributed by atoms with van der Waals surface area (Å²) >= 11 is 0. The summed E-state index contributed by atoms with van der Waals surface area (Å²) in [6.45, 7) is 0.886. The van der Waals surface area contributed by atoms with E-state index in [1.54, 1.807) is 0 Å². The summed E-state index contributed by atoms with van der Waals surface area (Å²) < 4.78 is 5.21. The van der Waals surface area contributed by atoms with Crippen molar-refractivity contribution in [1.82, 2.24) is 0 Å². The topological polar surface area (TPSA) is 15.8 Å². The van der Waals surface area contributed by atoms with Crippen LogP contribution in [0.4, 0.5) is 5.69 Å². The Balaban J connectivity index is 2.26. The van der Waals surface area contributed by atoms with Crippen molar-refractivity contribution in [3.63, 3.8) is 0 Å². The summed E-state index contributed by atoms with van der Waals surface area (Å²) in [7, 11) is 4.10. The Labute approximate surface area is 72.8 Å². The average molecular weight is 163 g/mol. The van der Waals surface area contributed by atoms with E-state index in [-0.39, 0.29) is 0 Å². The Morgan fingerprint density at radius 2 is 2.17 bits per heavy atom. The Bertz CT molecular complexity index is 262. The zero-order valence-electron chi connectivity index (χ0n) is 7.45. The number of hydrogen-bond donors (Lipinski definition) is 0. The van der Waals surface area contributed by atoms with Crippen LogP contribution < -0.4 is 4.90 Å². The Hall–Kier alpha value is -1.02. The van der Waals surface area contributed by atoms with Gasteiger partial charge in [0.25, 0.3) is 0 Å². The SMILES string of the molecule is CN(C)c1cccc(C2CO2)c1. The van der Waals surface area contributed by atoms with E-state index in [2.05, 4.69) is 29.2 Å². The molecule has 12 heavy (non-hydrogen) atoms. The summed E-state index contributed by atoms with van der Waals surface area (Å²) in [4.78, 5) is 2.10. The van der Waals surface area contributed by atoms with Crippen LogP contribution in [0, 0.1) is 0 Å². The Morgan fingerprint density at radius 1 is 1.42 bits per heavy atom. The lowest BCUT2D eigenvalue weighted by atomic mass is 10.1. The maximum absolute atomic E-state index is 5.21. The number of epoxide rings is 1. The summed E-state index contributed by atoms with van der Waals surface area (Å²) in [6, 6.07) is 8.47. The Morgan fingerprint density at radius 3 is 2.75 bits per heavy atom. The normalized spacial score (nSPS) is 20.7. The quantitative estimate of drug-likeness (QED) is 0.618. The van der Waals surface area contributed by atoms with E-state index in [1.165, 1.54) is 11.3 Å². The molecule has 1 aromatic carbocycles. The highest BCUT2D eigenvalue weighted by Crippen LogP contribution is 2.31. The van der Waals surface area contributed by atoms with E-state index in [9.17, 15) is 0 Å². The van der Waals surface area contributed by atoms with Crippen LogP contribution in [0.1, 0.15) is 11.7 Å². The smallest absolute Gasteiger partial charge is 0.106 e. The maximum atomic E-state index is 5.21. The predicted octanol–water partition coefficient (Wildman–Crippen LogP) is 1.82. The fraction of sp³-hybridized carbons (Fsp3) is 0.400. The van der Waals surface area contributed by atoms with Crippen LogP contribution in [-0.2, 0) is 4.74 Å². The molecule has 64 valence electrons. The monoisotopic (exact) mass is 163 g/mol. The molecule has 1 aliphatic heterocycles. The number of nitrogens with zero attached hydrogens (tertiary/aromatic N) is 1. The first-order valence-electron chi connectivity index (χ1n) is 4.16. The van der Waals surface area contributed by atoms with Crippen LogP contribution in [0.2, 0.25) is 0 Å². The largest absolute Gasteiger partial charge is 0.378 e. The van der Waals surface area contributed by atoms with Crippen molar-refractivity contribution in [2.75, 3.05) is 25.6 Å². The molecule has 0 aromatic heterocycles. The first-order valence-corrected chi connectivity index (χ1v) is 4.16. The zero-order valence-corrected chi connectivity index (χ0v) is 7.45. The first-order chi connectivity index (χ1) is 5.77. The van der Waals surface area contributed by atoms with Crippen molar-refractivity contribution in [2.24, 2.45) is 0 Å². The number of anilines is 1. The standard InChI is InChI=1S/C10H13NO/c1-11(2)9-5-3-4-8(6-9)10-7-12-10/h3-6,10H,7H2,1-2H3. The van der Waals surface area contributed by atoms with E-state index >= 15 is 0 Å². The van der Waals surface area contributed by atoms with Crippen LogP contribution in [0.5, 0.6) is 0 Å². The molecule has 1 heterocycles. The fourth-order valence-corrected chi connectivity index (χ4v) is 1.24. The Kier molecular flexibility index (Phi) is 1.77. The lowest BCUT2D eigenvalue weighted by molar-refractivity contribution is 0.415. The third-order valence-electron chi connectivity index (χ3n) is 2.09. The van der Waals surface area contributed by atoms with Gasteiger partial charge in [-0.2, -0.15) is 0 Å². The number of ether oxygens (including phenoxy) is 1. The molecule has 1 unspecified atom stereocenters. The highest BCUT2D eigenvalue weighted by Gasteiger charge is 2.24. The van der Waals surface area contributed by atoms with Gasteiger partial charge in [0.2, 0.25) is 0 Å². The third-order valence-corrected chi connectivity index (χ3v) is 2.09. The number of hydrogen-bond acceptors (Lipinski definition) is 2. The van der Waals surface area contributed by atoms with Crippen molar-refractivity contribution >= 4 is 5.69 Å². The molecule has 1 fully saturated rings. The van der Waals surface area contributed by atoms with Gasteiger partial charge in [-0.05, 0) is 17.7 Å². The molecule has 0 bridgehead atoms. The second-order valence-corrected chi connectivity index (χ2v) is 3.31. The molecule has 0 N–H and O–H groups in total. The van der Waals surface area contributed by atoms with Gasteiger partial charge in [-0.15, -0.1) is 0 Å². The molecule has 0 radical (unpaired) electrons. The molecule has 0 saturated carbocycles. The van der Waals surface area contributed by atoms with Crippen LogP contribution in [0.3, 0.4) is 0 Å². The van der Waals surface area contributed by atoms with Crippen molar-refractivity contribution in [2.45, 2.75) is 6.10 Å². The molecule has 1 aromatic rings. The zero-order chi connectivity index (χ0) is 8.55. The van der Waals surface area contributed by atoms with Gasteiger partial charge in [0, 0.05) is 19.8 Å². The first kappa shape index (κ1) is 7.62. The second kappa shape index (κ2) is 2.79. The fourth-order valence-electron chi connectivity index (χ4n) is 1.24. The third kappa shape index (κ3) is 1.43. The van der Waals surface area contributed by atoms with Crippen molar-refractivity contribution in [1.29, 1.82) is 0 Å². The van der Waals surface area contributed by atoms with Crippen LogP contribution >= 0.6 is 0 Å². The van der Waals surface area contributed by atoms with Gasteiger partial charge >= 0.3 is 0 Å². The molecule has 2 rings (SSSR count). The molecule has 1 aliphatic rings. The minimum atomic E-state index is 0.366. The number of benzene rings is 1. The summed E-state index contributed by atoms with van der Waals surface area (Å²) in [6.07, 6.45) is 0.366. The molecule has 1 saturated heterocycles. The predicted molar refractivity (Wildman–Crippen MR) is 49.5 cm³/mol. The second-order valence-electron chi connectivity index (χ2n) is 3.31. The molecular weight excluding hydrogens is 150 g/mol. The average Bonchev–Trinajstić information content (AvgIpc) is 2.87. The number of rotatable bonds is 2. The van der Waals surface area contributed by atoms with E-state index in [0.717, 1.165) is 6.61 Å². The summed E-state index contributed by atoms with van der Waals surface area (Å²) in [5, 5.41) is 0. The van der Waals surface area contributed by atoms with E-state index < -0.39 is 0 Å². The highest BCUT2D eigenvalue weighted by atomic mass is 16.6. The molecule has 0 amide bonds. The molecule has 2 nitrogen and oxygen atoms in total. The van der Waals surface area contributed by atoms with Crippen molar-refractivity contribution in [3.05, 3.63) is 29.8 Å². The van der Waals surface area contributed by atoms with E-state index in [1.807, 2.05) is 14.1 Å². The van der Waals surface area contributed by atoms with Gasteiger partial charge in [-0.25, -0.2) is 0 Å². The van der Waals surface area contributed by atoms with Gasteiger partial charge in [0.1, 0.15) is 6.10 Å². The van der Waals surface area contributed by atoms with Crippen LogP contribution in [0.25, 0.3) is 0 Å². The molecule has 0 spiro atoms. The van der Waals surface area contributed by atoms with Crippen LogP contribution in [0.15, 0.2) is 24.3 Å². The van der Waals surface area contributed by atoms with Gasteiger partial charge in [-0.1, -0.05) is 12.1 Å². The lowest BCUT2D eigenvalue weighted by Crippen LogP contribution is -2.08. The van der Waals surface area contributed by atoms with Crippen molar-refractivity contribution in [3.8, 4) is 0 Å². The molecular formula is C10H13NO. The van der Waals surface area contributed by atoms with E-state index in [0.29, 0.717) is 6.10 Å². The molecule has 0 aliphatic carbocycles. The molecule has 1 atom stereocenters. The van der Waals surface area contributed by atoms with Gasteiger partial charge in [-0.3, -0.25) is 0 Å². The summed E-state index contributed by atoms with van der Waals surface area (Å²) in [5.74, 6) is 0. The van der Waals surface area contributed by atoms with E-state index in [4.69, 9.17) is 4.74 Å². The maximum Gasteiger partial charge on any atom is 0.106 e. The van der Waals surface area contributed by atoms with Gasteiger partial charge in [0.15, 0.2) is 0 Å². The minimum absolute atomic E-state index is 0.366. The van der Waals surface area contributed by atoms with Crippen LogP contribution in [-0.4, -0.2) is 20.7 Å². The minimum Gasteiger partial charge on any atom is -0.378 e. The van der Waals surface area contributed by atoms with Gasteiger partial charge < -0.3 is 9.64 Å². The summed E-state index contributed by atoms with van der Waals surface area (Å²) in [5.41, 5.74) is 2.53. The lowest BCUT2D eigenvalue weighted by Gasteiger charge is -2.12. The van der Waals surface area contributed by atoms with Gasteiger partial charge in [0.05, 0.1) is 6.61 Å². The highest BCUT2D eigenvalue weighted by molar-refractivity contribution is 5.48. The molecule has 2 heteroatoms.